The average molecular weight is 260 g/mol. The molecule has 0 aromatic heterocycles. The molecule has 0 aliphatic heterocycles. The topological polar surface area (TPSA) is 72.2 Å². The van der Waals surface area contributed by atoms with Crippen LogP contribution in [0.3, 0.4) is 0 Å². The van der Waals surface area contributed by atoms with Gasteiger partial charge in [-0.25, -0.2) is 4.39 Å². The Morgan fingerprint density at radius 3 is 2.71 bits per heavy atom. The fraction of sp³-hybridized carbons (Fsp3) is 0.400. The third-order valence-corrected chi connectivity index (χ3v) is 3.61. The molecule has 0 radical (unpaired) electrons. The molecule has 0 saturated heterocycles. The van der Waals surface area contributed by atoms with Crippen molar-refractivity contribution in [2.45, 2.75) is 12.2 Å². The van der Waals surface area contributed by atoms with Crippen LogP contribution in [0.1, 0.15) is 6.92 Å². The summed E-state index contributed by atoms with van der Waals surface area (Å²) in [5.41, 5.74) is -0.118. The first-order chi connectivity index (χ1) is 7.91. The lowest BCUT2D eigenvalue weighted by atomic mass is 10.2. The van der Waals surface area contributed by atoms with Gasteiger partial charge in [0.05, 0.1) is 16.7 Å². The monoisotopic (exact) mass is 260 g/mol. The van der Waals surface area contributed by atoms with Gasteiger partial charge >= 0.3 is 0 Å². The molecule has 1 aromatic carbocycles. The predicted octanol–water partition coefficient (Wildman–Crippen LogP) is 1.91. The molecule has 0 heterocycles. The Hall–Kier alpha value is -1.50. The summed E-state index contributed by atoms with van der Waals surface area (Å²) in [4.78, 5) is 9.74. The summed E-state index contributed by atoms with van der Waals surface area (Å²) in [6.07, 6.45) is 1.57. The lowest BCUT2D eigenvalue weighted by Gasteiger charge is -2.11. The SMILES string of the molecule is CC(CNc1ccc([N+](=O)[O-])cc1F)S(C)=O. The first-order valence-electron chi connectivity index (χ1n) is 4.92. The smallest absolute Gasteiger partial charge is 0.272 e. The molecule has 7 heteroatoms. The number of nitro groups is 1. The van der Waals surface area contributed by atoms with Gasteiger partial charge in [-0.15, -0.1) is 0 Å². The van der Waals surface area contributed by atoms with Gasteiger partial charge in [0.15, 0.2) is 5.82 Å². The van der Waals surface area contributed by atoms with Gasteiger partial charge in [0.2, 0.25) is 0 Å². The Morgan fingerprint density at radius 2 is 2.24 bits per heavy atom. The van der Waals surface area contributed by atoms with E-state index in [0.29, 0.717) is 6.54 Å². The zero-order chi connectivity index (χ0) is 13.0. The summed E-state index contributed by atoms with van der Waals surface area (Å²) in [6, 6.07) is 3.38. The molecule has 17 heavy (non-hydrogen) atoms. The maximum absolute atomic E-state index is 13.4. The fourth-order valence-electron chi connectivity index (χ4n) is 1.13. The zero-order valence-electron chi connectivity index (χ0n) is 9.47. The van der Waals surface area contributed by atoms with Crippen molar-refractivity contribution >= 4 is 22.2 Å². The number of nitrogens with zero attached hydrogens (tertiary/aromatic N) is 1. The second kappa shape index (κ2) is 5.72. The third-order valence-electron chi connectivity index (χ3n) is 2.31. The van der Waals surface area contributed by atoms with Gasteiger partial charge in [-0.3, -0.25) is 14.3 Å². The summed E-state index contributed by atoms with van der Waals surface area (Å²) >= 11 is 0. The highest BCUT2D eigenvalue weighted by Gasteiger charge is 2.12. The molecule has 1 N–H and O–H groups in total. The standard InChI is InChI=1S/C10H13FN2O3S/c1-7(17(2)16)6-12-10-4-3-8(13(14)15)5-9(10)11/h3-5,7,12H,6H2,1-2H3. The number of anilines is 1. The van der Waals surface area contributed by atoms with E-state index in [1.807, 2.05) is 0 Å². The molecule has 94 valence electrons. The van der Waals surface area contributed by atoms with Crippen LogP contribution in [0, 0.1) is 15.9 Å². The van der Waals surface area contributed by atoms with Crippen LogP contribution in [0.5, 0.6) is 0 Å². The van der Waals surface area contributed by atoms with Crippen LogP contribution in [0.15, 0.2) is 18.2 Å². The number of rotatable bonds is 5. The van der Waals surface area contributed by atoms with E-state index in [0.717, 1.165) is 6.07 Å². The van der Waals surface area contributed by atoms with Crippen molar-refractivity contribution in [3.05, 3.63) is 34.1 Å². The summed E-state index contributed by atoms with van der Waals surface area (Å²) < 4.78 is 24.5. The largest absolute Gasteiger partial charge is 0.381 e. The van der Waals surface area contributed by atoms with Crippen LogP contribution in [-0.2, 0) is 10.8 Å². The van der Waals surface area contributed by atoms with Gasteiger partial charge in [0.1, 0.15) is 0 Å². The lowest BCUT2D eigenvalue weighted by Crippen LogP contribution is -2.21. The number of hydrogen-bond donors (Lipinski definition) is 1. The molecule has 2 unspecified atom stereocenters. The van der Waals surface area contributed by atoms with Gasteiger partial charge in [-0.05, 0) is 13.0 Å². The minimum Gasteiger partial charge on any atom is -0.381 e. The van der Waals surface area contributed by atoms with Gasteiger partial charge in [0.25, 0.3) is 5.69 Å². The van der Waals surface area contributed by atoms with E-state index >= 15 is 0 Å². The first kappa shape index (κ1) is 13.6. The number of benzene rings is 1. The highest BCUT2D eigenvalue weighted by Crippen LogP contribution is 2.20. The molecule has 0 aliphatic rings. The number of halogens is 1. The van der Waals surface area contributed by atoms with Gasteiger partial charge in [-0.2, -0.15) is 0 Å². The van der Waals surface area contributed by atoms with E-state index < -0.39 is 21.5 Å². The van der Waals surface area contributed by atoms with Crippen LogP contribution in [0.4, 0.5) is 15.8 Å². The van der Waals surface area contributed by atoms with Crippen LogP contribution in [-0.4, -0.2) is 27.2 Å². The van der Waals surface area contributed by atoms with Crippen molar-refractivity contribution < 1.29 is 13.5 Å². The van der Waals surface area contributed by atoms with Crippen molar-refractivity contribution in [2.75, 3.05) is 18.1 Å². The molecule has 0 spiro atoms. The highest BCUT2D eigenvalue weighted by atomic mass is 32.2. The van der Waals surface area contributed by atoms with Crippen LogP contribution in [0.2, 0.25) is 0 Å². The summed E-state index contributed by atoms with van der Waals surface area (Å²) in [7, 11) is -0.995. The molecule has 0 saturated carbocycles. The van der Waals surface area contributed by atoms with Crippen LogP contribution < -0.4 is 5.32 Å². The Balaban J connectivity index is 2.73. The number of nitro benzene ring substituents is 1. The van der Waals surface area contributed by atoms with Crippen molar-refractivity contribution in [2.24, 2.45) is 0 Å². The van der Waals surface area contributed by atoms with Crippen molar-refractivity contribution in [3.8, 4) is 0 Å². The molecule has 0 aliphatic carbocycles. The van der Waals surface area contributed by atoms with Crippen LogP contribution >= 0.6 is 0 Å². The van der Waals surface area contributed by atoms with E-state index in [-0.39, 0.29) is 16.6 Å². The Bertz CT molecular complexity index is 453. The van der Waals surface area contributed by atoms with Crippen LogP contribution in [0.25, 0.3) is 0 Å². The molecular weight excluding hydrogens is 247 g/mol. The van der Waals surface area contributed by atoms with Crippen molar-refractivity contribution in [3.63, 3.8) is 0 Å². The van der Waals surface area contributed by atoms with E-state index in [1.165, 1.54) is 12.1 Å². The minimum absolute atomic E-state index is 0.121. The third kappa shape index (κ3) is 3.77. The molecule has 5 nitrogen and oxygen atoms in total. The van der Waals surface area contributed by atoms with Crippen molar-refractivity contribution in [1.82, 2.24) is 0 Å². The molecule has 0 fully saturated rings. The second-order valence-electron chi connectivity index (χ2n) is 3.61. The molecule has 1 aromatic rings. The quantitative estimate of drug-likeness (QED) is 0.648. The summed E-state index contributed by atoms with van der Waals surface area (Å²) in [6.45, 7) is 2.12. The lowest BCUT2D eigenvalue weighted by molar-refractivity contribution is -0.385. The zero-order valence-corrected chi connectivity index (χ0v) is 10.3. The maximum Gasteiger partial charge on any atom is 0.272 e. The highest BCUT2D eigenvalue weighted by molar-refractivity contribution is 7.84. The predicted molar refractivity (Wildman–Crippen MR) is 65.1 cm³/mol. The number of non-ortho nitro benzene ring substituents is 1. The number of hydrogen-bond acceptors (Lipinski definition) is 4. The molecule has 0 bridgehead atoms. The van der Waals surface area contributed by atoms with E-state index in [4.69, 9.17) is 0 Å². The maximum atomic E-state index is 13.4. The van der Waals surface area contributed by atoms with Gasteiger partial charge in [-0.1, -0.05) is 0 Å². The second-order valence-corrected chi connectivity index (χ2v) is 5.41. The van der Waals surface area contributed by atoms with Crippen molar-refractivity contribution in [1.29, 1.82) is 0 Å². The average Bonchev–Trinajstić information content (AvgIpc) is 2.26. The first-order valence-corrected chi connectivity index (χ1v) is 6.54. The molecule has 0 amide bonds. The van der Waals surface area contributed by atoms with E-state index in [1.54, 1.807) is 13.2 Å². The Morgan fingerprint density at radius 1 is 1.59 bits per heavy atom. The Kier molecular flexibility index (Phi) is 4.56. The molecule has 2 atom stereocenters. The Labute approximate surface area is 101 Å². The van der Waals surface area contributed by atoms with Gasteiger partial charge < -0.3 is 5.32 Å². The minimum atomic E-state index is -0.995. The van der Waals surface area contributed by atoms with E-state index in [9.17, 15) is 18.7 Å². The normalized spacial score (nSPS) is 14.1. The van der Waals surface area contributed by atoms with Gasteiger partial charge in [0, 0.05) is 34.9 Å². The summed E-state index contributed by atoms with van der Waals surface area (Å²) in [5, 5.41) is 13.0. The van der Waals surface area contributed by atoms with E-state index in [2.05, 4.69) is 5.32 Å². The fourth-order valence-corrected chi connectivity index (χ4v) is 1.45. The summed E-state index contributed by atoms with van der Waals surface area (Å²) in [5.74, 6) is -0.687. The molecular formula is C10H13FN2O3S. The number of nitrogens with one attached hydrogen (secondary N) is 1. The molecule has 1 rings (SSSR count).